The van der Waals surface area contributed by atoms with E-state index in [4.69, 9.17) is 19.9 Å². The molecule has 0 spiro atoms. The van der Waals surface area contributed by atoms with Crippen LogP contribution in [0.3, 0.4) is 0 Å². The van der Waals surface area contributed by atoms with Gasteiger partial charge in [-0.05, 0) is 114 Å². The molecule has 0 saturated carbocycles. The SMILES string of the molecule is c1cc(-c2cccc(-c3cccc(-c4ccc5c6ccccc6c6nccnc6c5c4)c3)c2)cc(-c2cccc(-c3ccc4c5ccccc5c5nccnc5c4c3)c2)c1. The smallest absolute Gasteiger partial charge is 0.0971 e. The molecule has 2 aromatic heterocycles. The normalized spacial score (nSPS) is 11.7. The van der Waals surface area contributed by atoms with Crippen LogP contribution >= 0.6 is 0 Å². The quantitative estimate of drug-likeness (QED) is 0.164. The van der Waals surface area contributed by atoms with E-state index in [-0.39, 0.29) is 0 Å². The van der Waals surface area contributed by atoms with Crippen molar-refractivity contribution >= 4 is 65.2 Å². The largest absolute Gasteiger partial charge is 0.252 e. The summed E-state index contributed by atoms with van der Waals surface area (Å²) in [5, 5.41) is 9.24. The molecule has 0 fully saturated rings. The number of hydrogen-bond acceptors (Lipinski definition) is 4. The molecule has 0 aliphatic carbocycles. The summed E-state index contributed by atoms with van der Waals surface area (Å²) in [6, 6.07) is 65.8. The molecule has 0 aliphatic rings. The van der Waals surface area contributed by atoms with Crippen molar-refractivity contribution in [1.29, 1.82) is 0 Å². The molecule has 0 radical (unpaired) electrons. The summed E-state index contributed by atoms with van der Waals surface area (Å²) >= 11 is 0. The fourth-order valence-corrected chi connectivity index (χ4v) is 9.14. The highest BCUT2D eigenvalue weighted by atomic mass is 14.8. The topological polar surface area (TPSA) is 51.6 Å². The van der Waals surface area contributed by atoms with E-state index in [0.29, 0.717) is 0 Å². The molecule has 278 valence electrons. The average molecular weight is 763 g/mol. The van der Waals surface area contributed by atoms with Crippen molar-refractivity contribution in [2.24, 2.45) is 0 Å². The van der Waals surface area contributed by atoms with E-state index < -0.39 is 0 Å². The maximum Gasteiger partial charge on any atom is 0.0971 e. The Hall–Kier alpha value is -8.08. The van der Waals surface area contributed by atoms with Crippen LogP contribution in [0.2, 0.25) is 0 Å². The standard InChI is InChI=1S/C56H34N4/c1-3-19-49-45(17-1)47-23-21-43(33-51(47)55-53(49)57-25-27-59-55)41-15-7-13-39(31-41)37-11-5-9-35(29-37)36-10-6-12-38(30-36)40-14-8-16-42(32-40)44-22-24-48-46-18-2-4-20-50(46)54-56(52(48)34-44)60-28-26-58-54/h1-34H. The first-order valence-corrected chi connectivity index (χ1v) is 20.3. The van der Waals surface area contributed by atoms with E-state index in [2.05, 4.69) is 182 Å². The molecule has 10 aromatic carbocycles. The van der Waals surface area contributed by atoms with E-state index in [9.17, 15) is 0 Å². The zero-order valence-corrected chi connectivity index (χ0v) is 32.4. The molecule has 0 atom stereocenters. The monoisotopic (exact) mass is 762 g/mol. The van der Waals surface area contributed by atoms with E-state index in [0.717, 1.165) is 65.9 Å². The molecule has 12 rings (SSSR count). The molecule has 12 aromatic rings. The van der Waals surface area contributed by atoms with E-state index in [1.165, 1.54) is 54.9 Å². The van der Waals surface area contributed by atoms with E-state index in [1.54, 1.807) is 24.8 Å². The van der Waals surface area contributed by atoms with Crippen molar-refractivity contribution in [1.82, 2.24) is 19.9 Å². The van der Waals surface area contributed by atoms with Crippen LogP contribution < -0.4 is 0 Å². The van der Waals surface area contributed by atoms with Crippen LogP contribution in [0.1, 0.15) is 0 Å². The zero-order chi connectivity index (χ0) is 39.6. The fraction of sp³-hybridized carbons (Fsp3) is 0. The molecule has 0 aliphatic heterocycles. The van der Waals surface area contributed by atoms with Crippen LogP contribution in [0.5, 0.6) is 0 Å². The molecular weight excluding hydrogens is 729 g/mol. The second kappa shape index (κ2) is 13.8. The van der Waals surface area contributed by atoms with Crippen LogP contribution in [-0.4, -0.2) is 19.9 Å². The molecule has 2 heterocycles. The van der Waals surface area contributed by atoms with Crippen molar-refractivity contribution < 1.29 is 0 Å². The van der Waals surface area contributed by atoms with Gasteiger partial charge in [0.2, 0.25) is 0 Å². The van der Waals surface area contributed by atoms with E-state index in [1.807, 2.05) is 0 Å². The van der Waals surface area contributed by atoms with Gasteiger partial charge in [0.15, 0.2) is 0 Å². The lowest BCUT2D eigenvalue weighted by Gasteiger charge is -2.12. The van der Waals surface area contributed by atoms with Crippen molar-refractivity contribution in [3.8, 4) is 55.6 Å². The van der Waals surface area contributed by atoms with Gasteiger partial charge in [-0.3, -0.25) is 19.9 Å². The molecule has 60 heavy (non-hydrogen) atoms. The Morgan fingerprint density at radius 3 is 0.750 bits per heavy atom. The Morgan fingerprint density at radius 1 is 0.183 bits per heavy atom. The van der Waals surface area contributed by atoms with E-state index >= 15 is 0 Å². The van der Waals surface area contributed by atoms with Crippen LogP contribution in [0.4, 0.5) is 0 Å². The Kier molecular flexibility index (Phi) is 7.82. The van der Waals surface area contributed by atoms with Gasteiger partial charge in [-0.25, -0.2) is 0 Å². The molecule has 0 unspecified atom stereocenters. The number of aromatic nitrogens is 4. The van der Waals surface area contributed by atoms with Crippen LogP contribution in [0.25, 0.3) is 121 Å². The molecular formula is C56H34N4. The number of fused-ring (bicyclic) bond motifs is 12. The van der Waals surface area contributed by atoms with Crippen molar-refractivity contribution in [2.75, 3.05) is 0 Å². The van der Waals surface area contributed by atoms with Crippen LogP contribution in [0.15, 0.2) is 207 Å². The lowest BCUT2D eigenvalue weighted by molar-refractivity contribution is 1.31. The Labute approximate surface area is 346 Å². The van der Waals surface area contributed by atoms with Gasteiger partial charge < -0.3 is 0 Å². The summed E-state index contributed by atoms with van der Waals surface area (Å²) in [5.41, 5.74) is 15.4. The van der Waals surface area contributed by atoms with Crippen LogP contribution in [0, 0.1) is 0 Å². The first-order chi connectivity index (χ1) is 29.7. The fourth-order valence-electron chi connectivity index (χ4n) is 9.14. The van der Waals surface area contributed by atoms with Gasteiger partial charge in [-0.1, -0.05) is 146 Å². The molecule has 0 saturated heterocycles. The summed E-state index contributed by atoms with van der Waals surface area (Å²) in [4.78, 5) is 19.1. The molecule has 4 heteroatoms. The second-order valence-corrected chi connectivity index (χ2v) is 15.4. The highest BCUT2D eigenvalue weighted by Gasteiger charge is 2.14. The van der Waals surface area contributed by atoms with Crippen LogP contribution in [-0.2, 0) is 0 Å². The molecule has 0 bridgehead atoms. The number of rotatable bonds is 5. The predicted octanol–water partition coefficient (Wildman–Crippen LogP) is 14.5. The lowest BCUT2D eigenvalue weighted by atomic mass is 9.92. The Morgan fingerprint density at radius 2 is 0.433 bits per heavy atom. The minimum Gasteiger partial charge on any atom is -0.252 e. The van der Waals surface area contributed by atoms with Crippen molar-refractivity contribution in [3.63, 3.8) is 0 Å². The van der Waals surface area contributed by atoms with Gasteiger partial charge in [0, 0.05) is 46.3 Å². The summed E-state index contributed by atoms with van der Waals surface area (Å²) in [6.45, 7) is 0. The summed E-state index contributed by atoms with van der Waals surface area (Å²) < 4.78 is 0. The average Bonchev–Trinajstić information content (AvgIpc) is 3.34. The number of benzene rings is 10. The maximum atomic E-state index is 4.80. The molecule has 4 nitrogen and oxygen atoms in total. The third-order valence-corrected chi connectivity index (χ3v) is 12.0. The molecule has 0 amide bonds. The summed E-state index contributed by atoms with van der Waals surface area (Å²) in [5.74, 6) is 0. The summed E-state index contributed by atoms with van der Waals surface area (Å²) in [6.07, 6.45) is 7.13. The van der Waals surface area contributed by atoms with Gasteiger partial charge in [0.25, 0.3) is 0 Å². The Balaban J connectivity index is 0.880. The predicted molar refractivity (Wildman–Crippen MR) is 250 cm³/mol. The third-order valence-electron chi connectivity index (χ3n) is 12.0. The Bertz CT molecular complexity index is 3370. The number of hydrogen-bond donors (Lipinski definition) is 0. The second-order valence-electron chi connectivity index (χ2n) is 15.4. The van der Waals surface area contributed by atoms with Gasteiger partial charge in [-0.15, -0.1) is 0 Å². The molecule has 0 N–H and O–H groups in total. The van der Waals surface area contributed by atoms with Gasteiger partial charge in [0.1, 0.15) is 0 Å². The first kappa shape index (κ1) is 34.0. The third kappa shape index (κ3) is 5.61. The van der Waals surface area contributed by atoms with Crippen molar-refractivity contribution in [2.45, 2.75) is 0 Å². The van der Waals surface area contributed by atoms with Gasteiger partial charge >= 0.3 is 0 Å². The maximum absolute atomic E-state index is 4.80. The first-order valence-electron chi connectivity index (χ1n) is 20.3. The highest BCUT2D eigenvalue weighted by Crippen LogP contribution is 2.39. The minimum atomic E-state index is 0.928. The lowest BCUT2D eigenvalue weighted by Crippen LogP contribution is -1.89. The zero-order valence-electron chi connectivity index (χ0n) is 32.4. The van der Waals surface area contributed by atoms with Crippen molar-refractivity contribution in [3.05, 3.63) is 207 Å². The minimum absolute atomic E-state index is 0.928. The summed E-state index contributed by atoms with van der Waals surface area (Å²) in [7, 11) is 0. The van der Waals surface area contributed by atoms with Gasteiger partial charge in [0.05, 0.1) is 22.1 Å². The highest BCUT2D eigenvalue weighted by molar-refractivity contribution is 6.24. The number of nitrogens with zero attached hydrogens (tertiary/aromatic N) is 4. The van der Waals surface area contributed by atoms with Gasteiger partial charge in [-0.2, -0.15) is 0 Å².